The van der Waals surface area contributed by atoms with Crippen molar-refractivity contribution < 1.29 is 13.2 Å². The van der Waals surface area contributed by atoms with Gasteiger partial charge in [-0.1, -0.05) is 23.2 Å². The van der Waals surface area contributed by atoms with Crippen molar-refractivity contribution in [2.45, 2.75) is 4.90 Å². The van der Waals surface area contributed by atoms with Crippen LogP contribution in [0.2, 0.25) is 10.0 Å². The lowest BCUT2D eigenvalue weighted by atomic mass is 10.2. The van der Waals surface area contributed by atoms with Crippen LogP contribution in [0.5, 0.6) is 0 Å². The van der Waals surface area contributed by atoms with E-state index in [2.05, 4.69) is 14.9 Å². The van der Waals surface area contributed by atoms with Gasteiger partial charge in [0.05, 0.1) is 10.4 Å². The number of halogens is 2. The Morgan fingerprint density at radius 2 is 1.69 bits per heavy atom. The fourth-order valence-electron chi connectivity index (χ4n) is 3.10. The fraction of sp³-hybridized carbons (Fsp3) is 0.0952. The Labute approximate surface area is 194 Å². The van der Waals surface area contributed by atoms with Crippen molar-refractivity contribution in [2.24, 2.45) is 0 Å². The molecular formula is C21H17Cl2N5O3S. The molecule has 0 bridgehead atoms. The van der Waals surface area contributed by atoms with Crippen LogP contribution >= 0.6 is 23.2 Å². The number of carbonyl (C=O) groups is 1. The molecule has 1 N–H and O–H groups in total. The summed E-state index contributed by atoms with van der Waals surface area (Å²) >= 11 is 11.9. The molecule has 2 aromatic carbocycles. The van der Waals surface area contributed by atoms with Crippen molar-refractivity contribution in [1.82, 2.24) is 19.7 Å². The SMILES string of the molecule is CN(C)C(=O)c1ccc(-n2ccc3cc(NS(=O)(=O)c4cc(Cl)cc(Cl)c4)ccc32)nn1. The minimum atomic E-state index is -3.88. The molecule has 0 spiro atoms. The Bertz CT molecular complexity index is 1410. The monoisotopic (exact) mass is 489 g/mol. The highest BCUT2D eigenvalue weighted by atomic mass is 35.5. The molecule has 0 atom stereocenters. The van der Waals surface area contributed by atoms with E-state index in [0.29, 0.717) is 11.5 Å². The normalized spacial score (nSPS) is 11.5. The average molecular weight is 490 g/mol. The van der Waals surface area contributed by atoms with Crippen molar-refractivity contribution in [3.05, 3.63) is 76.5 Å². The summed E-state index contributed by atoms with van der Waals surface area (Å²) in [4.78, 5) is 13.4. The number of anilines is 1. The zero-order valence-corrected chi connectivity index (χ0v) is 19.3. The fourth-order valence-corrected chi connectivity index (χ4v) is 4.88. The maximum Gasteiger partial charge on any atom is 0.273 e. The molecule has 1 amide bonds. The largest absolute Gasteiger partial charge is 0.343 e. The Morgan fingerprint density at radius 1 is 0.969 bits per heavy atom. The summed E-state index contributed by atoms with van der Waals surface area (Å²) in [5.41, 5.74) is 1.41. The first-order chi connectivity index (χ1) is 15.1. The van der Waals surface area contributed by atoms with Crippen LogP contribution < -0.4 is 4.72 Å². The third-order valence-corrected chi connectivity index (χ3v) is 6.41. The van der Waals surface area contributed by atoms with Gasteiger partial charge in [0.15, 0.2) is 11.5 Å². The summed E-state index contributed by atoms with van der Waals surface area (Å²) in [6, 6.07) is 14.3. The van der Waals surface area contributed by atoms with Gasteiger partial charge in [0.25, 0.3) is 15.9 Å². The zero-order valence-electron chi connectivity index (χ0n) is 17.0. The second kappa shape index (κ2) is 8.42. The highest BCUT2D eigenvalue weighted by Gasteiger charge is 2.17. The van der Waals surface area contributed by atoms with E-state index in [1.165, 1.54) is 23.1 Å². The van der Waals surface area contributed by atoms with E-state index in [4.69, 9.17) is 23.2 Å². The number of sulfonamides is 1. The summed E-state index contributed by atoms with van der Waals surface area (Å²) in [7, 11) is -0.590. The topological polar surface area (TPSA) is 97.2 Å². The first-order valence-corrected chi connectivity index (χ1v) is 11.5. The van der Waals surface area contributed by atoms with Crippen molar-refractivity contribution >= 4 is 55.7 Å². The van der Waals surface area contributed by atoms with Gasteiger partial charge < -0.3 is 4.90 Å². The second-order valence-electron chi connectivity index (χ2n) is 7.15. The number of rotatable bonds is 5. The number of hydrogen-bond donors (Lipinski definition) is 1. The van der Waals surface area contributed by atoms with E-state index in [-0.39, 0.29) is 26.5 Å². The molecule has 4 rings (SSSR count). The molecule has 0 aliphatic carbocycles. The van der Waals surface area contributed by atoms with Gasteiger partial charge >= 0.3 is 0 Å². The van der Waals surface area contributed by atoms with Crippen LogP contribution in [0, 0.1) is 0 Å². The molecule has 0 saturated heterocycles. The zero-order chi connectivity index (χ0) is 23.0. The highest BCUT2D eigenvalue weighted by Crippen LogP contribution is 2.27. The molecule has 0 saturated carbocycles. The highest BCUT2D eigenvalue weighted by molar-refractivity contribution is 7.92. The van der Waals surface area contributed by atoms with Gasteiger partial charge in [-0.05, 0) is 54.6 Å². The van der Waals surface area contributed by atoms with Crippen LogP contribution in [-0.4, -0.2) is 48.1 Å². The van der Waals surface area contributed by atoms with Gasteiger partial charge in [0, 0.05) is 41.4 Å². The van der Waals surface area contributed by atoms with Gasteiger partial charge in [-0.15, -0.1) is 10.2 Å². The van der Waals surface area contributed by atoms with Crippen LogP contribution in [0.15, 0.2) is 65.7 Å². The third-order valence-electron chi connectivity index (χ3n) is 4.61. The van der Waals surface area contributed by atoms with Crippen LogP contribution in [0.4, 0.5) is 5.69 Å². The summed E-state index contributed by atoms with van der Waals surface area (Å²) in [6.45, 7) is 0. The third kappa shape index (κ3) is 4.40. The van der Waals surface area contributed by atoms with Crippen molar-refractivity contribution in [3.63, 3.8) is 0 Å². The van der Waals surface area contributed by atoms with E-state index >= 15 is 0 Å². The molecule has 8 nitrogen and oxygen atoms in total. The summed E-state index contributed by atoms with van der Waals surface area (Å²) in [5, 5.41) is 9.38. The Balaban J connectivity index is 1.62. The summed E-state index contributed by atoms with van der Waals surface area (Å²) in [6.07, 6.45) is 1.79. The van der Waals surface area contributed by atoms with Gasteiger partial charge in [-0.3, -0.25) is 14.1 Å². The molecule has 2 aromatic heterocycles. The van der Waals surface area contributed by atoms with E-state index in [1.54, 1.807) is 55.2 Å². The number of carbonyl (C=O) groups excluding carboxylic acids is 1. The minimum Gasteiger partial charge on any atom is -0.343 e. The Kier molecular flexibility index (Phi) is 5.81. The second-order valence-corrected chi connectivity index (χ2v) is 9.70. The molecule has 0 fully saturated rings. The molecule has 0 unspecified atom stereocenters. The minimum absolute atomic E-state index is 0.0321. The van der Waals surface area contributed by atoms with Gasteiger partial charge in [-0.25, -0.2) is 8.42 Å². The number of amides is 1. The summed E-state index contributed by atoms with van der Waals surface area (Å²) in [5.74, 6) is 0.288. The Morgan fingerprint density at radius 3 is 2.31 bits per heavy atom. The van der Waals surface area contributed by atoms with E-state index in [1.807, 2.05) is 6.07 Å². The maximum absolute atomic E-state index is 12.7. The number of nitrogens with one attached hydrogen (secondary N) is 1. The number of nitrogens with zero attached hydrogens (tertiary/aromatic N) is 4. The first-order valence-electron chi connectivity index (χ1n) is 9.30. The van der Waals surface area contributed by atoms with E-state index in [9.17, 15) is 13.2 Å². The molecule has 164 valence electrons. The number of aromatic nitrogens is 3. The molecule has 11 heteroatoms. The van der Waals surface area contributed by atoms with Gasteiger partial charge in [0.2, 0.25) is 0 Å². The molecule has 0 aliphatic rings. The Hall–Kier alpha value is -3.14. The van der Waals surface area contributed by atoms with Crippen molar-refractivity contribution in [3.8, 4) is 5.82 Å². The average Bonchev–Trinajstić information content (AvgIpc) is 3.15. The van der Waals surface area contributed by atoms with Crippen LogP contribution in [0.1, 0.15) is 10.5 Å². The van der Waals surface area contributed by atoms with Gasteiger partial charge in [-0.2, -0.15) is 0 Å². The number of hydrogen-bond acceptors (Lipinski definition) is 5. The molecular weight excluding hydrogens is 473 g/mol. The smallest absolute Gasteiger partial charge is 0.273 e. The first kappa shape index (κ1) is 22.1. The van der Waals surface area contributed by atoms with E-state index in [0.717, 1.165) is 10.9 Å². The quantitative estimate of drug-likeness (QED) is 0.452. The van der Waals surface area contributed by atoms with Gasteiger partial charge in [0.1, 0.15) is 0 Å². The maximum atomic E-state index is 12.7. The summed E-state index contributed by atoms with van der Waals surface area (Å²) < 4.78 is 29.8. The lowest BCUT2D eigenvalue weighted by molar-refractivity contribution is 0.0821. The molecule has 0 aliphatic heterocycles. The lowest BCUT2D eigenvalue weighted by Crippen LogP contribution is -2.23. The predicted octanol–water partition coefficient (Wildman–Crippen LogP) is 4.23. The van der Waals surface area contributed by atoms with Crippen LogP contribution in [0.25, 0.3) is 16.7 Å². The molecule has 2 heterocycles. The predicted molar refractivity (Wildman–Crippen MR) is 124 cm³/mol. The van der Waals surface area contributed by atoms with Crippen LogP contribution in [-0.2, 0) is 10.0 Å². The molecule has 0 radical (unpaired) electrons. The van der Waals surface area contributed by atoms with E-state index < -0.39 is 10.0 Å². The van der Waals surface area contributed by atoms with Crippen molar-refractivity contribution in [1.29, 1.82) is 0 Å². The molecule has 32 heavy (non-hydrogen) atoms. The van der Waals surface area contributed by atoms with Crippen molar-refractivity contribution in [2.75, 3.05) is 18.8 Å². The number of benzene rings is 2. The standard InChI is InChI=1S/C21H17Cl2N5O3S/c1-27(2)21(29)18-4-6-20(25-24-18)28-8-7-13-9-16(3-5-19(13)28)26-32(30,31)17-11-14(22)10-15(23)12-17/h3-12,26H,1-2H3. The number of fused-ring (bicyclic) bond motifs is 1. The molecule has 4 aromatic rings. The lowest BCUT2D eigenvalue weighted by Gasteiger charge is -2.10. The van der Waals surface area contributed by atoms with Crippen LogP contribution in [0.3, 0.4) is 0 Å².